The molecular formula is C12H16N4S. The minimum absolute atomic E-state index is 0.856. The van der Waals surface area contributed by atoms with E-state index in [4.69, 9.17) is 0 Å². The zero-order chi connectivity index (χ0) is 12.3. The third kappa shape index (κ3) is 3.00. The summed E-state index contributed by atoms with van der Waals surface area (Å²) in [5.74, 6) is 1.76. The van der Waals surface area contributed by atoms with Gasteiger partial charge in [-0.15, -0.1) is 11.8 Å². The lowest BCUT2D eigenvalue weighted by atomic mass is 10.4. The number of nitrogens with one attached hydrogen (secondary N) is 1. The van der Waals surface area contributed by atoms with Crippen LogP contribution in [0.15, 0.2) is 29.3 Å². The summed E-state index contributed by atoms with van der Waals surface area (Å²) in [6.07, 6.45) is 0. The lowest BCUT2D eigenvalue weighted by Crippen LogP contribution is -1.96. The van der Waals surface area contributed by atoms with Gasteiger partial charge in [-0.25, -0.2) is 4.98 Å². The lowest BCUT2D eigenvalue weighted by Gasteiger charge is -2.04. The Morgan fingerprint density at radius 2 is 2.24 bits per heavy atom. The molecule has 4 nitrogen and oxygen atoms in total. The van der Waals surface area contributed by atoms with Crippen LogP contribution in [0.25, 0.3) is 0 Å². The Hall–Kier alpha value is -1.49. The van der Waals surface area contributed by atoms with Gasteiger partial charge in [-0.3, -0.25) is 4.68 Å². The van der Waals surface area contributed by atoms with Crippen molar-refractivity contribution in [3.63, 3.8) is 0 Å². The topological polar surface area (TPSA) is 42.7 Å². The molecule has 0 saturated carbocycles. The summed E-state index contributed by atoms with van der Waals surface area (Å²) in [4.78, 5) is 4.48. The van der Waals surface area contributed by atoms with Crippen LogP contribution in [0, 0.1) is 6.92 Å². The molecule has 0 spiro atoms. The highest BCUT2D eigenvalue weighted by Crippen LogP contribution is 2.22. The van der Waals surface area contributed by atoms with Crippen LogP contribution < -0.4 is 5.32 Å². The highest BCUT2D eigenvalue weighted by molar-refractivity contribution is 7.98. The summed E-state index contributed by atoms with van der Waals surface area (Å²) in [6, 6.07) is 8.11. The fraction of sp³-hybridized carbons (Fsp3) is 0.333. The van der Waals surface area contributed by atoms with Crippen molar-refractivity contribution in [2.24, 2.45) is 7.05 Å². The number of aryl methyl sites for hydroxylation is 2. The normalized spacial score (nSPS) is 10.5. The summed E-state index contributed by atoms with van der Waals surface area (Å²) < 4.78 is 1.90. The van der Waals surface area contributed by atoms with E-state index in [1.165, 1.54) is 5.03 Å². The average Bonchev–Trinajstić information content (AvgIpc) is 2.65. The first-order chi connectivity index (χ1) is 8.19. The van der Waals surface area contributed by atoms with Gasteiger partial charge in [0.05, 0.1) is 16.4 Å². The minimum atomic E-state index is 0.856. The molecule has 0 fully saturated rings. The second-order valence-electron chi connectivity index (χ2n) is 3.80. The van der Waals surface area contributed by atoms with Gasteiger partial charge in [0, 0.05) is 19.8 Å². The Balaban J connectivity index is 2.04. The summed E-state index contributed by atoms with van der Waals surface area (Å²) >= 11 is 1.75. The molecule has 0 atom stereocenters. The molecule has 17 heavy (non-hydrogen) atoms. The molecule has 2 heterocycles. The second kappa shape index (κ2) is 5.23. The van der Waals surface area contributed by atoms with Crippen molar-refractivity contribution in [1.82, 2.24) is 14.8 Å². The van der Waals surface area contributed by atoms with Crippen molar-refractivity contribution in [3.8, 4) is 0 Å². The van der Waals surface area contributed by atoms with Gasteiger partial charge in [-0.1, -0.05) is 6.07 Å². The van der Waals surface area contributed by atoms with Crippen LogP contribution in [0.4, 0.5) is 5.82 Å². The fourth-order valence-corrected chi connectivity index (χ4v) is 2.51. The van der Waals surface area contributed by atoms with Crippen molar-refractivity contribution in [2.45, 2.75) is 17.7 Å². The van der Waals surface area contributed by atoms with Crippen LogP contribution in [0.1, 0.15) is 11.4 Å². The molecular weight excluding hydrogens is 232 g/mol. The first-order valence-electron chi connectivity index (χ1n) is 5.46. The standard InChI is InChI=1S/C12H16N4S/c1-9-7-12(16(3)15-9)17-8-10-5-4-6-11(13-2)14-10/h4-7H,8H2,1-3H3,(H,13,14). The van der Waals surface area contributed by atoms with Gasteiger partial charge >= 0.3 is 0 Å². The fourth-order valence-electron chi connectivity index (χ4n) is 1.57. The van der Waals surface area contributed by atoms with Crippen molar-refractivity contribution in [1.29, 1.82) is 0 Å². The van der Waals surface area contributed by atoms with Crippen molar-refractivity contribution < 1.29 is 0 Å². The van der Waals surface area contributed by atoms with Crippen LogP contribution in [0.5, 0.6) is 0 Å². The number of aromatic nitrogens is 3. The van der Waals surface area contributed by atoms with Gasteiger partial charge in [-0.2, -0.15) is 5.10 Å². The monoisotopic (exact) mass is 248 g/mol. The van der Waals surface area contributed by atoms with Crippen LogP contribution in [-0.2, 0) is 12.8 Å². The SMILES string of the molecule is CNc1cccc(CSc2cc(C)nn2C)n1. The number of thioether (sulfide) groups is 1. The number of pyridine rings is 1. The quantitative estimate of drug-likeness (QED) is 0.844. The first kappa shape index (κ1) is 12.0. The zero-order valence-electron chi connectivity index (χ0n) is 10.3. The molecule has 2 aromatic heterocycles. The van der Waals surface area contributed by atoms with Gasteiger partial charge in [0.2, 0.25) is 0 Å². The first-order valence-corrected chi connectivity index (χ1v) is 6.44. The molecule has 0 unspecified atom stereocenters. The Labute approximate surface area is 105 Å². The van der Waals surface area contributed by atoms with Crippen LogP contribution >= 0.6 is 11.8 Å². The molecule has 90 valence electrons. The van der Waals surface area contributed by atoms with Crippen molar-refractivity contribution in [3.05, 3.63) is 35.7 Å². The van der Waals surface area contributed by atoms with E-state index in [0.717, 1.165) is 23.0 Å². The average molecular weight is 248 g/mol. The molecule has 0 radical (unpaired) electrons. The predicted molar refractivity (Wildman–Crippen MR) is 71.3 cm³/mol. The largest absolute Gasteiger partial charge is 0.373 e. The number of hydrogen-bond acceptors (Lipinski definition) is 4. The molecule has 0 aliphatic carbocycles. The number of nitrogens with zero attached hydrogens (tertiary/aromatic N) is 3. The maximum Gasteiger partial charge on any atom is 0.125 e. The Morgan fingerprint density at radius 3 is 2.88 bits per heavy atom. The van der Waals surface area contributed by atoms with E-state index in [1.54, 1.807) is 11.8 Å². The van der Waals surface area contributed by atoms with E-state index in [9.17, 15) is 0 Å². The predicted octanol–water partition coefficient (Wildman–Crippen LogP) is 2.46. The Morgan fingerprint density at radius 1 is 1.41 bits per heavy atom. The zero-order valence-corrected chi connectivity index (χ0v) is 11.1. The summed E-state index contributed by atoms with van der Waals surface area (Å²) in [7, 11) is 3.84. The van der Waals surface area contributed by atoms with Crippen LogP contribution in [-0.4, -0.2) is 21.8 Å². The third-order valence-electron chi connectivity index (χ3n) is 2.39. The Bertz CT molecular complexity index is 507. The van der Waals surface area contributed by atoms with E-state index >= 15 is 0 Å². The van der Waals surface area contributed by atoms with Crippen molar-refractivity contribution >= 4 is 17.6 Å². The molecule has 0 aliphatic heterocycles. The van der Waals surface area contributed by atoms with Crippen LogP contribution in [0.3, 0.4) is 0 Å². The molecule has 0 aromatic carbocycles. The molecule has 2 aromatic rings. The highest BCUT2D eigenvalue weighted by atomic mass is 32.2. The van der Waals surface area contributed by atoms with E-state index < -0.39 is 0 Å². The molecule has 0 saturated heterocycles. The van der Waals surface area contributed by atoms with Gasteiger partial charge in [0.15, 0.2) is 0 Å². The molecule has 2 rings (SSSR count). The van der Waals surface area contributed by atoms with E-state index in [-0.39, 0.29) is 0 Å². The maximum absolute atomic E-state index is 4.48. The summed E-state index contributed by atoms with van der Waals surface area (Å²) in [5.41, 5.74) is 2.12. The maximum atomic E-state index is 4.48. The molecule has 1 N–H and O–H groups in total. The highest BCUT2D eigenvalue weighted by Gasteiger charge is 2.04. The minimum Gasteiger partial charge on any atom is -0.373 e. The van der Waals surface area contributed by atoms with Gasteiger partial charge < -0.3 is 5.32 Å². The van der Waals surface area contributed by atoms with Crippen molar-refractivity contribution in [2.75, 3.05) is 12.4 Å². The molecule has 5 heteroatoms. The third-order valence-corrected chi connectivity index (χ3v) is 3.51. The molecule has 0 amide bonds. The van der Waals surface area contributed by atoms with Crippen LogP contribution in [0.2, 0.25) is 0 Å². The smallest absolute Gasteiger partial charge is 0.125 e. The van der Waals surface area contributed by atoms with E-state index in [1.807, 2.05) is 43.9 Å². The van der Waals surface area contributed by atoms with Gasteiger partial charge in [-0.05, 0) is 25.1 Å². The van der Waals surface area contributed by atoms with E-state index in [2.05, 4.69) is 21.5 Å². The number of anilines is 1. The van der Waals surface area contributed by atoms with E-state index in [0.29, 0.717) is 0 Å². The summed E-state index contributed by atoms with van der Waals surface area (Å²) in [5, 5.41) is 8.53. The lowest BCUT2D eigenvalue weighted by molar-refractivity contribution is 0.692. The number of rotatable bonds is 4. The Kier molecular flexibility index (Phi) is 3.68. The summed E-state index contributed by atoms with van der Waals surface area (Å²) in [6.45, 7) is 2.00. The van der Waals surface area contributed by atoms with Gasteiger partial charge in [0.25, 0.3) is 0 Å². The second-order valence-corrected chi connectivity index (χ2v) is 4.80. The molecule has 0 bridgehead atoms. The van der Waals surface area contributed by atoms with Gasteiger partial charge in [0.1, 0.15) is 5.82 Å². The number of hydrogen-bond donors (Lipinski definition) is 1. The molecule has 0 aliphatic rings.